The number of nitrogens with two attached hydrogens (primary N) is 1. The Morgan fingerprint density at radius 3 is 2.70 bits per heavy atom. The quantitative estimate of drug-likeness (QED) is 0.775. The molecule has 0 fully saturated rings. The smallest absolute Gasteiger partial charge is 0.234 e. The van der Waals surface area contributed by atoms with E-state index in [0.717, 1.165) is 22.1 Å². The Morgan fingerprint density at radius 1 is 1.50 bits per heavy atom. The fraction of sp³-hybridized carbons (Fsp3) is 0.643. The van der Waals surface area contributed by atoms with E-state index in [-0.39, 0.29) is 18.0 Å². The van der Waals surface area contributed by atoms with Crippen LogP contribution in [0.5, 0.6) is 0 Å². The van der Waals surface area contributed by atoms with E-state index in [4.69, 9.17) is 17.3 Å². The molecule has 4 nitrogen and oxygen atoms in total. The summed E-state index contributed by atoms with van der Waals surface area (Å²) in [6.07, 6.45) is 1.79. The van der Waals surface area contributed by atoms with E-state index in [0.29, 0.717) is 13.1 Å². The largest absolute Gasteiger partial charge is 0.355 e. The summed E-state index contributed by atoms with van der Waals surface area (Å²) >= 11 is 7.54. The van der Waals surface area contributed by atoms with Crippen molar-refractivity contribution in [1.82, 2.24) is 10.2 Å². The van der Waals surface area contributed by atoms with E-state index in [9.17, 15) is 4.79 Å². The van der Waals surface area contributed by atoms with E-state index in [1.54, 1.807) is 0 Å². The monoisotopic (exact) mass is 317 g/mol. The molecule has 3 N–H and O–H groups in total. The molecule has 0 aliphatic heterocycles. The number of halogens is 1. The highest BCUT2D eigenvalue weighted by Gasteiger charge is 2.25. The van der Waals surface area contributed by atoms with Gasteiger partial charge in [-0.1, -0.05) is 25.4 Å². The Balaban J connectivity index is 2.75. The van der Waals surface area contributed by atoms with Gasteiger partial charge < -0.3 is 11.1 Å². The maximum absolute atomic E-state index is 11.8. The van der Waals surface area contributed by atoms with Crippen LogP contribution in [-0.4, -0.2) is 37.0 Å². The van der Waals surface area contributed by atoms with Gasteiger partial charge in [0.15, 0.2) is 0 Å². The van der Waals surface area contributed by atoms with Crippen LogP contribution in [0.1, 0.15) is 37.6 Å². The molecule has 0 spiro atoms. The topological polar surface area (TPSA) is 58.4 Å². The molecule has 0 radical (unpaired) electrons. The minimum Gasteiger partial charge on any atom is -0.355 e. The molecule has 1 rings (SSSR count). The molecule has 20 heavy (non-hydrogen) atoms. The molecule has 0 aliphatic carbocycles. The second-order valence-corrected chi connectivity index (χ2v) is 6.67. The van der Waals surface area contributed by atoms with E-state index in [1.807, 2.05) is 31.0 Å². The first-order chi connectivity index (χ1) is 9.49. The predicted molar refractivity (Wildman–Crippen MR) is 86.3 cm³/mol. The Bertz CT molecular complexity index is 424. The third-order valence-electron chi connectivity index (χ3n) is 3.20. The zero-order chi connectivity index (χ0) is 15.1. The molecule has 1 aromatic rings. The second kappa shape index (κ2) is 8.62. The van der Waals surface area contributed by atoms with Crippen LogP contribution >= 0.6 is 22.9 Å². The lowest BCUT2D eigenvalue weighted by Gasteiger charge is -2.31. The van der Waals surface area contributed by atoms with Crippen LogP contribution in [0.15, 0.2) is 12.1 Å². The van der Waals surface area contributed by atoms with E-state index < -0.39 is 0 Å². The standard InChI is InChI=1S/C14H24ClN3OS/c1-4-8-17-13(19)9-18(3)14(10(16)5-2)11-6-7-12(15)20-11/h6-7,10,14H,4-5,8-9,16H2,1-3H3,(H,17,19). The summed E-state index contributed by atoms with van der Waals surface area (Å²) in [6.45, 7) is 5.14. The first-order valence-corrected chi connectivity index (χ1v) is 8.16. The number of hydrogen-bond donors (Lipinski definition) is 2. The number of thiophene rings is 1. The Hall–Kier alpha value is -0.620. The predicted octanol–water partition coefficient (Wildman–Crippen LogP) is 2.64. The van der Waals surface area contributed by atoms with Crippen molar-refractivity contribution in [2.45, 2.75) is 38.8 Å². The van der Waals surface area contributed by atoms with Crippen molar-refractivity contribution in [3.8, 4) is 0 Å². The molecule has 1 aromatic heterocycles. The highest BCUT2D eigenvalue weighted by Crippen LogP contribution is 2.32. The molecule has 2 unspecified atom stereocenters. The molecule has 2 atom stereocenters. The third kappa shape index (κ3) is 5.05. The summed E-state index contributed by atoms with van der Waals surface area (Å²) in [4.78, 5) is 15.0. The highest BCUT2D eigenvalue weighted by molar-refractivity contribution is 7.16. The van der Waals surface area contributed by atoms with E-state index in [2.05, 4.69) is 12.2 Å². The molecular formula is C14H24ClN3OS. The van der Waals surface area contributed by atoms with E-state index in [1.165, 1.54) is 11.3 Å². The number of carbonyl (C=O) groups excluding carboxylic acids is 1. The molecule has 0 aliphatic rings. The number of nitrogens with zero attached hydrogens (tertiary/aromatic N) is 1. The van der Waals surface area contributed by atoms with Gasteiger partial charge in [-0.2, -0.15) is 0 Å². The van der Waals surface area contributed by atoms with Crippen LogP contribution in [0.4, 0.5) is 0 Å². The summed E-state index contributed by atoms with van der Waals surface area (Å²) < 4.78 is 0.747. The van der Waals surface area contributed by atoms with Gasteiger partial charge in [0.2, 0.25) is 5.91 Å². The molecule has 114 valence electrons. The Morgan fingerprint density at radius 2 is 2.20 bits per heavy atom. The number of carbonyl (C=O) groups is 1. The number of likely N-dealkylation sites (N-methyl/N-ethyl adjacent to an activating group) is 1. The van der Waals surface area contributed by atoms with Gasteiger partial charge in [0, 0.05) is 17.5 Å². The lowest BCUT2D eigenvalue weighted by Crippen LogP contribution is -2.43. The van der Waals surface area contributed by atoms with Crippen molar-refractivity contribution in [2.24, 2.45) is 5.73 Å². The summed E-state index contributed by atoms with van der Waals surface area (Å²) in [5, 5.41) is 2.89. The normalized spacial score (nSPS) is 14.3. The van der Waals surface area contributed by atoms with Gasteiger partial charge in [-0.05, 0) is 32.0 Å². The van der Waals surface area contributed by atoms with Crippen LogP contribution in [0.3, 0.4) is 0 Å². The number of nitrogens with one attached hydrogen (secondary N) is 1. The van der Waals surface area contributed by atoms with E-state index >= 15 is 0 Å². The van der Waals surface area contributed by atoms with Crippen LogP contribution < -0.4 is 11.1 Å². The summed E-state index contributed by atoms with van der Waals surface area (Å²) in [7, 11) is 1.93. The molecule has 0 saturated heterocycles. The van der Waals surface area contributed by atoms with Gasteiger partial charge in [-0.3, -0.25) is 9.69 Å². The molecule has 0 saturated carbocycles. The summed E-state index contributed by atoms with van der Waals surface area (Å²) in [6, 6.07) is 3.87. The maximum Gasteiger partial charge on any atom is 0.234 e. The van der Waals surface area contributed by atoms with Gasteiger partial charge in [0.1, 0.15) is 0 Å². The SMILES string of the molecule is CCCNC(=O)CN(C)C(c1ccc(Cl)s1)C(N)CC. The van der Waals surface area contributed by atoms with Crippen molar-refractivity contribution in [3.63, 3.8) is 0 Å². The molecule has 1 heterocycles. The van der Waals surface area contributed by atoms with Crippen LogP contribution in [0, 0.1) is 0 Å². The summed E-state index contributed by atoms with van der Waals surface area (Å²) in [5.41, 5.74) is 6.23. The van der Waals surface area contributed by atoms with Gasteiger partial charge >= 0.3 is 0 Å². The lowest BCUT2D eigenvalue weighted by atomic mass is 10.0. The minimum absolute atomic E-state index is 0.0184. The fourth-order valence-corrected chi connectivity index (χ4v) is 3.41. The first-order valence-electron chi connectivity index (χ1n) is 6.97. The molecular weight excluding hydrogens is 294 g/mol. The molecule has 0 bridgehead atoms. The third-order valence-corrected chi connectivity index (χ3v) is 4.50. The molecule has 6 heteroatoms. The average Bonchev–Trinajstić information content (AvgIpc) is 2.82. The van der Waals surface area contributed by atoms with Gasteiger partial charge in [0.25, 0.3) is 0 Å². The molecule has 0 aromatic carbocycles. The Labute approximate surface area is 130 Å². The lowest BCUT2D eigenvalue weighted by molar-refractivity contribution is -0.122. The average molecular weight is 318 g/mol. The van der Waals surface area contributed by atoms with Gasteiger partial charge in [-0.25, -0.2) is 0 Å². The van der Waals surface area contributed by atoms with Crippen molar-refractivity contribution in [3.05, 3.63) is 21.3 Å². The van der Waals surface area contributed by atoms with Gasteiger partial charge in [-0.15, -0.1) is 11.3 Å². The van der Waals surface area contributed by atoms with Crippen LogP contribution in [0.25, 0.3) is 0 Å². The van der Waals surface area contributed by atoms with Crippen molar-refractivity contribution >= 4 is 28.8 Å². The zero-order valence-electron chi connectivity index (χ0n) is 12.4. The van der Waals surface area contributed by atoms with Crippen LogP contribution in [-0.2, 0) is 4.79 Å². The maximum atomic E-state index is 11.8. The second-order valence-electron chi connectivity index (χ2n) is 4.92. The van der Waals surface area contributed by atoms with Crippen molar-refractivity contribution in [2.75, 3.05) is 20.1 Å². The molecule has 1 amide bonds. The zero-order valence-corrected chi connectivity index (χ0v) is 13.9. The summed E-state index contributed by atoms with van der Waals surface area (Å²) in [5.74, 6) is 0.0327. The Kier molecular flexibility index (Phi) is 7.51. The minimum atomic E-state index is -0.0197. The first kappa shape index (κ1) is 17.4. The number of hydrogen-bond acceptors (Lipinski definition) is 4. The van der Waals surface area contributed by atoms with Crippen LogP contribution in [0.2, 0.25) is 4.34 Å². The van der Waals surface area contributed by atoms with Crippen molar-refractivity contribution in [1.29, 1.82) is 0 Å². The highest BCUT2D eigenvalue weighted by atomic mass is 35.5. The van der Waals surface area contributed by atoms with Gasteiger partial charge in [0.05, 0.1) is 16.9 Å². The number of rotatable bonds is 8. The fourth-order valence-electron chi connectivity index (χ4n) is 2.11. The van der Waals surface area contributed by atoms with Crippen molar-refractivity contribution < 1.29 is 4.79 Å². The number of amides is 1.